The summed E-state index contributed by atoms with van der Waals surface area (Å²) in [5.41, 5.74) is 0.609. The lowest BCUT2D eigenvalue weighted by Crippen LogP contribution is -2.00. The van der Waals surface area contributed by atoms with Crippen molar-refractivity contribution >= 4 is 46.4 Å². The Kier molecular flexibility index (Phi) is 5.43. The predicted molar refractivity (Wildman–Crippen MR) is 81.7 cm³/mol. The van der Waals surface area contributed by atoms with Gasteiger partial charge in [0.25, 0.3) is 9.68 Å². The van der Waals surface area contributed by atoms with E-state index in [1.165, 1.54) is 7.11 Å². The molecule has 0 unspecified atom stereocenters. The quantitative estimate of drug-likeness (QED) is 0.737. The van der Waals surface area contributed by atoms with E-state index in [0.29, 0.717) is 29.5 Å². The minimum Gasteiger partial charge on any atom is -0.493 e. The first kappa shape index (κ1) is 16.5. The van der Waals surface area contributed by atoms with E-state index < -0.39 is 3.79 Å². The minimum absolute atomic E-state index is 0.107. The van der Waals surface area contributed by atoms with Crippen molar-refractivity contribution < 1.29 is 13.9 Å². The monoisotopic (exact) mass is 370 g/mol. The standard InChI is InChI=1S/C12H10Cl4N2O3/c1-19-9-6-7(2-3-8(9)20-5-4-13)10-17-18-11(21-10)12(14,15)16/h2-3,6H,4-5H2,1H3. The Bertz CT molecular complexity index is 613. The molecular weight excluding hydrogens is 362 g/mol. The highest BCUT2D eigenvalue weighted by Crippen LogP contribution is 2.39. The number of hydrogen-bond acceptors (Lipinski definition) is 5. The average molecular weight is 372 g/mol. The Labute approximate surface area is 141 Å². The van der Waals surface area contributed by atoms with E-state index in [0.717, 1.165) is 0 Å². The molecule has 0 bridgehead atoms. The van der Waals surface area contributed by atoms with Gasteiger partial charge in [-0.25, -0.2) is 0 Å². The van der Waals surface area contributed by atoms with Crippen molar-refractivity contribution in [2.24, 2.45) is 0 Å². The summed E-state index contributed by atoms with van der Waals surface area (Å²) in [6, 6.07) is 5.11. The van der Waals surface area contributed by atoms with Crippen molar-refractivity contribution in [2.75, 3.05) is 19.6 Å². The molecule has 1 aromatic carbocycles. The lowest BCUT2D eigenvalue weighted by molar-refractivity contribution is 0.313. The van der Waals surface area contributed by atoms with E-state index >= 15 is 0 Å². The summed E-state index contributed by atoms with van der Waals surface area (Å²) in [5.74, 6) is 1.54. The topological polar surface area (TPSA) is 57.4 Å². The van der Waals surface area contributed by atoms with Crippen LogP contribution in [0.1, 0.15) is 5.89 Å². The van der Waals surface area contributed by atoms with Gasteiger partial charge >= 0.3 is 0 Å². The average Bonchev–Trinajstić information content (AvgIpc) is 2.94. The number of hydrogen-bond donors (Lipinski definition) is 0. The molecule has 0 aliphatic heterocycles. The molecule has 2 rings (SSSR count). The van der Waals surface area contributed by atoms with Crippen LogP contribution >= 0.6 is 46.4 Å². The van der Waals surface area contributed by atoms with Gasteiger partial charge in [0.1, 0.15) is 6.61 Å². The first-order chi connectivity index (χ1) is 9.95. The second kappa shape index (κ2) is 6.92. The van der Waals surface area contributed by atoms with Crippen LogP contribution in [0.15, 0.2) is 22.6 Å². The third-order valence-electron chi connectivity index (χ3n) is 2.41. The molecule has 0 atom stereocenters. The van der Waals surface area contributed by atoms with Crippen molar-refractivity contribution in [1.82, 2.24) is 10.2 Å². The second-order valence-corrected chi connectivity index (χ2v) is 6.47. The largest absolute Gasteiger partial charge is 0.493 e. The first-order valence-corrected chi connectivity index (χ1v) is 7.40. The summed E-state index contributed by atoms with van der Waals surface area (Å²) in [6.45, 7) is 0.370. The van der Waals surface area contributed by atoms with Gasteiger partial charge in [-0.1, -0.05) is 34.8 Å². The van der Waals surface area contributed by atoms with Crippen molar-refractivity contribution in [3.8, 4) is 23.0 Å². The Hall–Kier alpha value is -0.880. The molecule has 0 spiro atoms. The molecule has 1 heterocycles. The lowest BCUT2D eigenvalue weighted by atomic mass is 10.2. The SMILES string of the molecule is COc1cc(-c2nnc(C(Cl)(Cl)Cl)o2)ccc1OCCCl. The molecule has 0 aliphatic carbocycles. The highest BCUT2D eigenvalue weighted by atomic mass is 35.6. The van der Waals surface area contributed by atoms with Crippen LogP contribution in [0, 0.1) is 0 Å². The van der Waals surface area contributed by atoms with Gasteiger partial charge in [-0.2, -0.15) is 0 Å². The molecule has 0 N–H and O–H groups in total. The van der Waals surface area contributed by atoms with Gasteiger partial charge in [-0.3, -0.25) is 0 Å². The molecule has 9 heteroatoms. The smallest absolute Gasteiger partial charge is 0.268 e. The Morgan fingerprint density at radius 3 is 2.52 bits per heavy atom. The van der Waals surface area contributed by atoms with Crippen LogP contribution in [-0.4, -0.2) is 29.8 Å². The highest BCUT2D eigenvalue weighted by Gasteiger charge is 2.30. The van der Waals surface area contributed by atoms with Gasteiger partial charge in [0, 0.05) is 5.56 Å². The normalized spacial score (nSPS) is 11.5. The molecule has 1 aromatic heterocycles. The van der Waals surface area contributed by atoms with Crippen LogP contribution in [0.25, 0.3) is 11.5 Å². The van der Waals surface area contributed by atoms with Crippen LogP contribution < -0.4 is 9.47 Å². The van der Waals surface area contributed by atoms with Crippen LogP contribution in [0.4, 0.5) is 0 Å². The molecule has 0 radical (unpaired) electrons. The molecule has 0 saturated heterocycles. The molecule has 5 nitrogen and oxygen atoms in total. The molecule has 2 aromatic rings. The van der Waals surface area contributed by atoms with E-state index in [-0.39, 0.29) is 11.8 Å². The van der Waals surface area contributed by atoms with Crippen LogP contribution in [0.2, 0.25) is 0 Å². The number of methoxy groups -OCH3 is 1. The van der Waals surface area contributed by atoms with Crippen LogP contribution in [-0.2, 0) is 3.79 Å². The number of aromatic nitrogens is 2. The maximum absolute atomic E-state index is 5.68. The Morgan fingerprint density at radius 1 is 1.19 bits per heavy atom. The summed E-state index contributed by atoms with van der Waals surface area (Å²) >= 11 is 22.6. The van der Waals surface area contributed by atoms with Crippen LogP contribution in [0.3, 0.4) is 0 Å². The zero-order valence-electron chi connectivity index (χ0n) is 10.8. The maximum Gasteiger partial charge on any atom is 0.268 e. The predicted octanol–water partition coefficient (Wildman–Crippen LogP) is 4.19. The summed E-state index contributed by atoms with van der Waals surface area (Å²) in [7, 11) is 1.52. The van der Waals surface area contributed by atoms with Gasteiger partial charge in [0.2, 0.25) is 5.89 Å². The van der Waals surface area contributed by atoms with E-state index in [4.69, 9.17) is 60.3 Å². The molecule has 21 heavy (non-hydrogen) atoms. The van der Waals surface area contributed by atoms with Crippen molar-refractivity contribution in [3.63, 3.8) is 0 Å². The molecular formula is C12H10Cl4N2O3. The number of nitrogens with zero attached hydrogens (tertiary/aromatic N) is 2. The minimum atomic E-state index is -1.77. The molecule has 0 aliphatic rings. The summed E-state index contributed by atoms with van der Waals surface area (Å²) in [6.07, 6.45) is 0. The first-order valence-electron chi connectivity index (χ1n) is 5.73. The Balaban J connectivity index is 2.30. The summed E-state index contributed by atoms with van der Waals surface area (Å²) in [5, 5.41) is 7.52. The maximum atomic E-state index is 5.68. The van der Waals surface area contributed by atoms with Gasteiger partial charge < -0.3 is 13.9 Å². The number of rotatable bonds is 5. The van der Waals surface area contributed by atoms with Gasteiger partial charge in [-0.05, 0) is 18.2 Å². The van der Waals surface area contributed by atoms with Crippen LogP contribution in [0.5, 0.6) is 11.5 Å². The second-order valence-electron chi connectivity index (χ2n) is 3.81. The van der Waals surface area contributed by atoms with E-state index in [1.807, 2.05) is 0 Å². The van der Waals surface area contributed by atoms with E-state index in [2.05, 4.69) is 10.2 Å². The summed E-state index contributed by atoms with van der Waals surface area (Å²) in [4.78, 5) is 0. The number of alkyl halides is 4. The van der Waals surface area contributed by atoms with Gasteiger partial charge in [0.15, 0.2) is 11.5 Å². The zero-order valence-corrected chi connectivity index (χ0v) is 13.8. The fraction of sp³-hybridized carbons (Fsp3) is 0.333. The van der Waals surface area contributed by atoms with E-state index in [1.54, 1.807) is 18.2 Å². The fourth-order valence-corrected chi connectivity index (χ4v) is 1.83. The van der Waals surface area contributed by atoms with Gasteiger partial charge in [0.05, 0.1) is 13.0 Å². The molecule has 0 saturated carbocycles. The van der Waals surface area contributed by atoms with E-state index in [9.17, 15) is 0 Å². The molecule has 114 valence electrons. The van der Waals surface area contributed by atoms with Crippen molar-refractivity contribution in [1.29, 1.82) is 0 Å². The zero-order chi connectivity index (χ0) is 15.5. The van der Waals surface area contributed by atoms with Crippen molar-refractivity contribution in [3.05, 3.63) is 24.1 Å². The third kappa shape index (κ3) is 4.07. The molecule has 0 amide bonds. The Morgan fingerprint density at radius 2 is 1.95 bits per heavy atom. The number of benzene rings is 1. The van der Waals surface area contributed by atoms with Gasteiger partial charge in [-0.15, -0.1) is 21.8 Å². The number of halogens is 4. The summed E-state index contributed by atoms with van der Waals surface area (Å²) < 4.78 is 14.2. The molecule has 0 fully saturated rings. The number of ether oxygens (including phenoxy) is 2. The lowest BCUT2D eigenvalue weighted by Gasteiger charge is -2.10. The fourth-order valence-electron chi connectivity index (χ4n) is 1.52. The third-order valence-corrected chi connectivity index (χ3v) is 3.05. The highest BCUT2D eigenvalue weighted by molar-refractivity contribution is 6.66. The van der Waals surface area contributed by atoms with Crippen molar-refractivity contribution in [2.45, 2.75) is 3.79 Å².